The molecule has 104 valence electrons. The summed E-state index contributed by atoms with van der Waals surface area (Å²) in [5.74, 6) is 0.411. The van der Waals surface area contributed by atoms with Gasteiger partial charge in [-0.25, -0.2) is 0 Å². The van der Waals surface area contributed by atoms with Gasteiger partial charge >= 0.3 is 5.97 Å². The summed E-state index contributed by atoms with van der Waals surface area (Å²) in [6, 6.07) is 10.3. The molecule has 1 aliphatic rings. The topological polar surface area (TPSA) is 40.5 Å². The monoisotopic (exact) mass is 261 g/mol. The van der Waals surface area contributed by atoms with Gasteiger partial charge in [0.05, 0.1) is 0 Å². The number of carboxylic acids is 1. The van der Waals surface area contributed by atoms with Crippen LogP contribution >= 0.6 is 0 Å². The third-order valence-electron chi connectivity index (χ3n) is 4.42. The Kier molecular flexibility index (Phi) is 4.59. The van der Waals surface area contributed by atoms with Gasteiger partial charge in [0, 0.05) is 6.54 Å². The Labute approximate surface area is 115 Å². The molecule has 1 aliphatic heterocycles. The van der Waals surface area contributed by atoms with Crippen LogP contribution in [0.15, 0.2) is 30.3 Å². The zero-order chi connectivity index (χ0) is 13.8. The number of carbonyl (C=O) groups is 1. The van der Waals surface area contributed by atoms with Crippen LogP contribution in [0.2, 0.25) is 0 Å². The molecule has 0 saturated carbocycles. The molecule has 1 aromatic carbocycles. The van der Waals surface area contributed by atoms with Crippen LogP contribution in [-0.4, -0.2) is 35.1 Å². The quantitative estimate of drug-likeness (QED) is 0.906. The smallest absolute Gasteiger partial charge is 0.320 e. The molecule has 0 amide bonds. The van der Waals surface area contributed by atoms with Gasteiger partial charge in [0.15, 0.2) is 0 Å². The van der Waals surface area contributed by atoms with E-state index in [4.69, 9.17) is 5.11 Å². The Hall–Kier alpha value is -1.35. The number of hydrogen-bond acceptors (Lipinski definition) is 2. The Morgan fingerprint density at radius 2 is 2.11 bits per heavy atom. The lowest BCUT2D eigenvalue weighted by Crippen LogP contribution is -2.47. The number of hydrogen-bond donors (Lipinski definition) is 1. The Bertz CT molecular complexity index is 418. The number of likely N-dealkylation sites (tertiary alicyclic amines) is 1. The first-order valence-electron chi connectivity index (χ1n) is 7.15. The van der Waals surface area contributed by atoms with E-state index in [0.717, 1.165) is 25.9 Å². The third-order valence-corrected chi connectivity index (χ3v) is 4.42. The molecule has 0 spiro atoms. The second kappa shape index (κ2) is 6.20. The van der Waals surface area contributed by atoms with E-state index in [-0.39, 0.29) is 6.04 Å². The summed E-state index contributed by atoms with van der Waals surface area (Å²) in [5, 5.41) is 9.13. The molecular formula is C16H23NO2. The highest BCUT2D eigenvalue weighted by molar-refractivity contribution is 5.72. The van der Waals surface area contributed by atoms with Crippen molar-refractivity contribution in [3.63, 3.8) is 0 Å². The first kappa shape index (κ1) is 14.1. The average molecular weight is 261 g/mol. The molecule has 1 fully saturated rings. The molecule has 0 radical (unpaired) electrons. The van der Waals surface area contributed by atoms with Gasteiger partial charge in [0.1, 0.15) is 6.04 Å². The third kappa shape index (κ3) is 3.16. The molecule has 1 heterocycles. The number of benzene rings is 1. The molecule has 0 unspecified atom stereocenters. The average Bonchev–Trinajstić information content (AvgIpc) is 2.46. The second-order valence-electron chi connectivity index (χ2n) is 5.48. The van der Waals surface area contributed by atoms with E-state index >= 15 is 0 Å². The van der Waals surface area contributed by atoms with Gasteiger partial charge < -0.3 is 5.11 Å². The molecule has 2 rings (SSSR count). The molecule has 1 N–H and O–H groups in total. The van der Waals surface area contributed by atoms with Crippen LogP contribution in [0.5, 0.6) is 0 Å². The summed E-state index contributed by atoms with van der Waals surface area (Å²) >= 11 is 0. The lowest BCUT2D eigenvalue weighted by Gasteiger charge is -2.40. The molecule has 3 nitrogen and oxygen atoms in total. The number of nitrogens with zero attached hydrogens (tertiary/aromatic N) is 1. The van der Waals surface area contributed by atoms with Gasteiger partial charge in [-0.1, -0.05) is 43.7 Å². The van der Waals surface area contributed by atoms with Crippen molar-refractivity contribution in [1.29, 1.82) is 0 Å². The van der Waals surface area contributed by atoms with Gasteiger partial charge in [0.25, 0.3) is 0 Å². The predicted molar refractivity (Wildman–Crippen MR) is 76.3 cm³/mol. The first-order chi connectivity index (χ1) is 9.13. The maximum atomic E-state index is 11.1. The second-order valence-corrected chi connectivity index (χ2v) is 5.48. The normalized spacial score (nSPS) is 26.0. The zero-order valence-corrected chi connectivity index (χ0v) is 11.7. The van der Waals surface area contributed by atoms with E-state index in [9.17, 15) is 4.79 Å². The van der Waals surface area contributed by atoms with Gasteiger partial charge in [-0.05, 0) is 37.3 Å². The number of rotatable bonds is 4. The van der Waals surface area contributed by atoms with Crippen LogP contribution in [0.1, 0.15) is 38.2 Å². The fourth-order valence-corrected chi connectivity index (χ4v) is 3.12. The predicted octanol–water partition coefficient (Wildman–Crippen LogP) is 2.98. The van der Waals surface area contributed by atoms with Gasteiger partial charge in [-0.2, -0.15) is 0 Å². The number of carboxylic acid groups (broad SMARTS) is 1. The lowest BCUT2D eigenvalue weighted by atomic mass is 9.79. The molecule has 19 heavy (non-hydrogen) atoms. The molecule has 1 saturated heterocycles. The van der Waals surface area contributed by atoms with Crippen molar-refractivity contribution in [2.75, 3.05) is 13.1 Å². The van der Waals surface area contributed by atoms with Crippen molar-refractivity contribution in [3.8, 4) is 0 Å². The standard InChI is InChI=1S/C16H23NO2/c1-3-13-11-17(12(2)16(18)19)10-9-15(13)14-7-5-4-6-8-14/h4-8,12-13,15H,3,9-11H2,1-2H3,(H,18,19)/t12-,13+,15-/m0/s1. The molecule has 3 heteroatoms. The summed E-state index contributed by atoms with van der Waals surface area (Å²) < 4.78 is 0. The van der Waals surface area contributed by atoms with Crippen molar-refractivity contribution >= 4 is 5.97 Å². The molecule has 3 atom stereocenters. The highest BCUT2D eigenvalue weighted by atomic mass is 16.4. The summed E-state index contributed by atoms with van der Waals surface area (Å²) in [4.78, 5) is 13.2. The largest absolute Gasteiger partial charge is 0.480 e. The first-order valence-corrected chi connectivity index (χ1v) is 7.15. The minimum atomic E-state index is -0.715. The lowest BCUT2D eigenvalue weighted by molar-refractivity contribution is -0.143. The number of aliphatic carboxylic acids is 1. The molecule has 0 bridgehead atoms. The van der Waals surface area contributed by atoms with Gasteiger partial charge in [-0.3, -0.25) is 9.69 Å². The van der Waals surface area contributed by atoms with E-state index in [0.29, 0.717) is 11.8 Å². The SMILES string of the molecule is CC[C@@H]1CN([C@@H](C)C(=O)O)CC[C@@H]1c1ccccc1. The van der Waals surface area contributed by atoms with Crippen molar-refractivity contribution in [2.24, 2.45) is 5.92 Å². The van der Waals surface area contributed by atoms with E-state index in [1.807, 2.05) is 6.07 Å². The fraction of sp³-hybridized carbons (Fsp3) is 0.562. The molecule has 0 aliphatic carbocycles. The Morgan fingerprint density at radius 1 is 1.42 bits per heavy atom. The van der Waals surface area contributed by atoms with E-state index in [1.54, 1.807) is 6.92 Å². The van der Waals surface area contributed by atoms with E-state index < -0.39 is 5.97 Å². The van der Waals surface area contributed by atoms with Crippen LogP contribution < -0.4 is 0 Å². The Morgan fingerprint density at radius 3 is 2.68 bits per heavy atom. The van der Waals surface area contributed by atoms with Crippen molar-refractivity contribution in [1.82, 2.24) is 4.90 Å². The van der Waals surface area contributed by atoms with Crippen LogP contribution in [0.25, 0.3) is 0 Å². The fourth-order valence-electron chi connectivity index (χ4n) is 3.12. The maximum Gasteiger partial charge on any atom is 0.320 e. The van der Waals surface area contributed by atoms with Crippen molar-refractivity contribution < 1.29 is 9.90 Å². The van der Waals surface area contributed by atoms with Crippen LogP contribution in [0.4, 0.5) is 0 Å². The molecule has 1 aromatic rings. The Balaban J connectivity index is 2.09. The molecule has 0 aromatic heterocycles. The van der Waals surface area contributed by atoms with E-state index in [1.165, 1.54) is 5.56 Å². The van der Waals surface area contributed by atoms with Crippen LogP contribution in [-0.2, 0) is 4.79 Å². The zero-order valence-electron chi connectivity index (χ0n) is 11.7. The van der Waals surface area contributed by atoms with E-state index in [2.05, 4.69) is 36.1 Å². The highest BCUT2D eigenvalue weighted by Gasteiger charge is 2.32. The summed E-state index contributed by atoms with van der Waals surface area (Å²) in [6.45, 7) is 5.76. The van der Waals surface area contributed by atoms with Crippen molar-refractivity contribution in [3.05, 3.63) is 35.9 Å². The number of piperidine rings is 1. The summed E-state index contributed by atoms with van der Waals surface area (Å²) in [5.41, 5.74) is 1.40. The van der Waals surface area contributed by atoms with Gasteiger partial charge in [-0.15, -0.1) is 0 Å². The van der Waals surface area contributed by atoms with Crippen LogP contribution in [0, 0.1) is 5.92 Å². The highest BCUT2D eigenvalue weighted by Crippen LogP contribution is 2.35. The van der Waals surface area contributed by atoms with Crippen LogP contribution in [0.3, 0.4) is 0 Å². The molecular weight excluding hydrogens is 238 g/mol. The maximum absolute atomic E-state index is 11.1. The van der Waals surface area contributed by atoms with Gasteiger partial charge in [0.2, 0.25) is 0 Å². The minimum absolute atomic E-state index is 0.370. The van der Waals surface area contributed by atoms with Crippen molar-refractivity contribution in [2.45, 2.75) is 38.6 Å². The summed E-state index contributed by atoms with van der Waals surface area (Å²) in [7, 11) is 0. The summed E-state index contributed by atoms with van der Waals surface area (Å²) in [6.07, 6.45) is 2.16. The minimum Gasteiger partial charge on any atom is -0.480 e.